The minimum absolute atomic E-state index is 0.0205. The van der Waals surface area contributed by atoms with Gasteiger partial charge in [-0.3, -0.25) is 14.5 Å². The van der Waals surface area contributed by atoms with E-state index in [0.717, 1.165) is 37.8 Å². The van der Waals surface area contributed by atoms with E-state index in [1.165, 1.54) is 18.6 Å². The van der Waals surface area contributed by atoms with Crippen LogP contribution in [0.2, 0.25) is 0 Å². The van der Waals surface area contributed by atoms with Crippen LogP contribution in [0.1, 0.15) is 60.5 Å². The summed E-state index contributed by atoms with van der Waals surface area (Å²) < 4.78 is 39.9. The molecular weight excluding hydrogens is 505 g/mol. The predicted octanol–water partition coefficient (Wildman–Crippen LogP) is 5.55. The molecule has 0 spiro atoms. The molecule has 2 aromatic carbocycles. The molecule has 3 aromatic rings. The Labute approximate surface area is 226 Å². The minimum Gasteiger partial charge on any atom is -0.354 e. The zero-order valence-electron chi connectivity index (χ0n) is 22.0. The Morgan fingerprint density at radius 1 is 1.10 bits per heavy atom. The number of aromatic nitrogens is 1. The van der Waals surface area contributed by atoms with Crippen molar-refractivity contribution >= 4 is 22.7 Å². The lowest BCUT2D eigenvalue weighted by molar-refractivity contribution is -0.137. The van der Waals surface area contributed by atoms with Crippen LogP contribution in [-0.2, 0) is 17.5 Å². The maximum absolute atomic E-state index is 14.0. The summed E-state index contributed by atoms with van der Waals surface area (Å²) in [6, 6.07) is 12.2. The molecule has 0 bridgehead atoms. The molecule has 2 heterocycles. The van der Waals surface area contributed by atoms with Gasteiger partial charge in [0.1, 0.15) is 0 Å². The van der Waals surface area contributed by atoms with Crippen molar-refractivity contribution in [3.63, 3.8) is 0 Å². The number of rotatable bonds is 6. The first-order chi connectivity index (χ1) is 18.7. The predicted molar refractivity (Wildman–Crippen MR) is 144 cm³/mol. The number of hydrogen-bond donors (Lipinski definition) is 2. The summed E-state index contributed by atoms with van der Waals surface area (Å²) in [5, 5.41) is 6.73. The van der Waals surface area contributed by atoms with Crippen molar-refractivity contribution in [3.05, 3.63) is 65.2 Å². The Bertz CT molecular complexity index is 1350. The number of alkyl halides is 3. The minimum atomic E-state index is -4.46. The first-order valence-electron chi connectivity index (χ1n) is 13.6. The molecule has 2 fully saturated rings. The van der Waals surface area contributed by atoms with Crippen LogP contribution in [0.3, 0.4) is 0 Å². The van der Waals surface area contributed by atoms with Crippen molar-refractivity contribution < 1.29 is 22.8 Å². The molecule has 5 rings (SSSR count). The first kappa shape index (κ1) is 27.1. The molecule has 1 saturated heterocycles. The molecule has 2 amide bonds. The molecule has 39 heavy (non-hydrogen) atoms. The smallest absolute Gasteiger partial charge is 0.354 e. The van der Waals surface area contributed by atoms with Crippen molar-refractivity contribution in [2.24, 2.45) is 5.92 Å². The third kappa shape index (κ3) is 6.08. The number of hydrogen-bond acceptors (Lipinski definition) is 4. The van der Waals surface area contributed by atoms with Crippen LogP contribution >= 0.6 is 0 Å². The number of carbonyl (C=O) groups excluding carboxylic acids is 2. The average molecular weight is 539 g/mol. The number of fused-ring (bicyclic) bond motifs is 1. The average Bonchev–Trinajstić information content (AvgIpc) is 2.92. The molecule has 1 unspecified atom stereocenters. The van der Waals surface area contributed by atoms with E-state index in [9.17, 15) is 22.8 Å². The maximum atomic E-state index is 14.0. The molecule has 2 aliphatic rings. The topological polar surface area (TPSA) is 74.3 Å². The monoisotopic (exact) mass is 538 g/mol. The second kappa shape index (κ2) is 11.3. The SMILES string of the molecule is CC(NC(=O)c1c(CN2CCNC(=O)C2)c(-c2ccc(C(F)(F)F)cc2)nc2ccccc12)C1CCCCC1. The summed E-state index contributed by atoms with van der Waals surface area (Å²) in [5.74, 6) is 0.0683. The number of halogens is 3. The number of nitrogens with zero attached hydrogens (tertiary/aromatic N) is 2. The van der Waals surface area contributed by atoms with Crippen LogP contribution in [0.5, 0.6) is 0 Å². The first-order valence-corrected chi connectivity index (χ1v) is 13.6. The van der Waals surface area contributed by atoms with E-state index in [0.29, 0.717) is 52.3 Å². The lowest BCUT2D eigenvalue weighted by Crippen LogP contribution is -2.47. The number of carbonyl (C=O) groups is 2. The van der Waals surface area contributed by atoms with Crippen molar-refractivity contribution in [1.29, 1.82) is 0 Å². The van der Waals surface area contributed by atoms with Crippen LogP contribution < -0.4 is 10.6 Å². The van der Waals surface area contributed by atoms with Gasteiger partial charge in [0, 0.05) is 42.2 Å². The van der Waals surface area contributed by atoms with Crippen LogP contribution in [0.25, 0.3) is 22.2 Å². The molecule has 1 atom stereocenters. The summed E-state index contributed by atoms with van der Waals surface area (Å²) >= 11 is 0. The van der Waals surface area contributed by atoms with E-state index in [-0.39, 0.29) is 30.9 Å². The van der Waals surface area contributed by atoms with Crippen molar-refractivity contribution in [2.75, 3.05) is 19.6 Å². The van der Waals surface area contributed by atoms with Crippen LogP contribution in [0.4, 0.5) is 13.2 Å². The van der Waals surface area contributed by atoms with Gasteiger partial charge in [-0.2, -0.15) is 13.2 Å². The Morgan fingerprint density at radius 2 is 1.82 bits per heavy atom. The highest BCUT2D eigenvalue weighted by Crippen LogP contribution is 2.35. The Balaban J connectivity index is 1.62. The molecule has 206 valence electrons. The molecule has 6 nitrogen and oxygen atoms in total. The summed E-state index contributed by atoms with van der Waals surface area (Å²) in [4.78, 5) is 33.0. The molecule has 1 saturated carbocycles. The zero-order chi connectivity index (χ0) is 27.6. The van der Waals surface area contributed by atoms with E-state index >= 15 is 0 Å². The van der Waals surface area contributed by atoms with Gasteiger partial charge in [-0.25, -0.2) is 4.98 Å². The molecular formula is C30H33F3N4O2. The van der Waals surface area contributed by atoms with Crippen LogP contribution in [-0.4, -0.2) is 47.4 Å². The summed E-state index contributed by atoms with van der Waals surface area (Å²) in [7, 11) is 0. The molecule has 1 aliphatic heterocycles. The van der Waals surface area contributed by atoms with E-state index in [1.807, 2.05) is 36.1 Å². The Morgan fingerprint density at radius 3 is 2.51 bits per heavy atom. The third-order valence-electron chi connectivity index (χ3n) is 7.92. The molecule has 0 radical (unpaired) electrons. The summed E-state index contributed by atoms with van der Waals surface area (Å²) in [6.45, 7) is 3.55. The molecule has 2 N–H and O–H groups in total. The third-order valence-corrected chi connectivity index (χ3v) is 7.92. The quantitative estimate of drug-likeness (QED) is 0.432. The second-order valence-corrected chi connectivity index (χ2v) is 10.6. The number of para-hydroxylation sites is 1. The fraction of sp³-hybridized carbons (Fsp3) is 0.433. The molecule has 1 aliphatic carbocycles. The number of benzene rings is 2. The van der Waals surface area contributed by atoms with Gasteiger partial charge in [-0.15, -0.1) is 0 Å². The van der Waals surface area contributed by atoms with E-state index in [4.69, 9.17) is 4.98 Å². The standard InChI is InChI=1S/C30H33F3N4O2/c1-19(20-7-3-2-4-8-20)35-29(39)27-23-9-5-6-10-25(23)36-28(21-11-13-22(14-12-21)30(31,32)33)24(27)17-37-16-15-34-26(38)18-37/h5-6,9-14,19-20H,2-4,7-8,15-18H2,1H3,(H,34,38)(H,35,39). The van der Waals surface area contributed by atoms with Gasteiger partial charge >= 0.3 is 6.18 Å². The van der Waals surface area contributed by atoms with Gasteiger partial charge in [0.15, 0.2) is 0 Å². The highest BCUT2D eigenvalue weighted by molar-refractivity contribution is 6.09. The summed E-state index contributed by atoms with van der Waals surface area (Å²) in [6.07, 6.45) is 1.22. The highest BCUT2D eigenvalue weighted by atomic mass is 19.4. The second-order valence-electron chi connectivity index (χ2n) is 10.6. The maximum Gasteiger partial charge on any atom is 0.416 e. The Hall–Kier alpha value is -3.46. The molecule has 9 heteroatoms. The lowest BCUT2D eigenvalue weighted by Gasteiger charge is -2.30. The fourth-order valence-electron chi connectivity index (χ4n) is 5.80. The normalized spacial score (nSPS) is 18.1. The van der Waals surface area contributed by atoms with E-state index in [2.05, 4.69) is 10.6 Å². The van der Waals surface area contributed by atoms with Crippen LogP contribution in [0.15, 0.2) is 48.5 Å². The number of amides is 2. The van der Waals surface area contributed by atoms with Gasteiger partial charge in [0.2, 0.25) is 5.91 Å². The lowest BCUT2D eigenvalue weighted by atomic mass is 9.84. The number of piperazine rings is 1. The largest absolute Gasteiger partial charge is 0.416 e. The van der Waals surface area contributed by atoms with E-state index in [1.54, 1.807) is 0 Å². The fourth-order valence-corrected chi connectivity index (χ4v) is 5.80. The van der Waals surface area contributed by atoms with Gasteiger partial charge in [-0.1, -0.05) is 49.6 Å². The van der Waals surface area contributed by atoms with Gasteiger partial charge in [0.05, 0.1) is 28.9 Å². The van der Waals surface area contributed by atoms with Crippen molar-refractivity contribution in [2.45, 2.75) is 57.8 Å². The van der Waals surface area contributed by atoms with Crippen molar-refractivity contribution in [3.8, 4) is 11.3 Å². The van der Waals surface area contributed by atoms with Gasteiger partial charge in [0.25, 0.3) is 5.91 Å². The van der Waals surface area contributed by atoms with Gasteiger partial charge < -0.3 is 10.6 Å². The summed E-state index contributed by atoms with van der Waals surface area (Å²) in [5.41, 5.74) is 1.84. The number of pyridine rings is 1. The van der Waals surface area contributed by atoms with E-state index < -0.39 is 11.7 Å². The van der Waals surface area contributed by atoms with Gasteiger partial charge in [-0.05, 0) is 43.9 Å². The van der Waals surface area contributed by atoms with Crippen molar-refractivity contribution in [1.82, 2.24) is 20.5 Å². The number of nitrogens with one attached hydrogen (secondary N) is 2. The molecule has 1 aromatic heterocycles. The highest BCUT2D eigenvalue weighted by Gasteiger charge is 2.31. The van der Waals surface area contributed by atoms with Crippen LogP contribution in [0, 0.1) is 5.92 Å². The zero-order valence-corrected chi connectivity index (χ0v) is 22.0. The Kier molecular flexibility index (Phi) is 7.88.